The van der Waals surface area contributed by atoms with Crippen LogP contribution in [0.5, 0.6) is 0 Å². The molecule has 20 heavy (non-hydrogen) atoms. The van der Waals surface area contributed by atoms with Crippen LogP contribution in [0.1, 0.15) is 36.5 Å². The van der Waals surface area contributed by atoms with Crippen LogP contribution in [0.25, 0.3) is 0 Å². The summed E-state index contributed by atoms with van der Waals surface area (Å²) in [6.45, 7) is 5.12. The number of carbonyl (C=O) groups is 1. The molecule has 0 bridgehead atoms. The van der Waals surface area contributed by atoms with Crippen LogP contribution in [0.15, 0.2) is 22.7 Å². The number of nitrogens with zero attached hydrogens (tertiary/aromatic N) is 1. The molecule has 110 valence electrons. The Labute approximate surface area is 133 Å². The Kier molecular flexibility index (Phi) is 5.87. The third-order valence-corrected chi connectivity index (χ3v) is 4.99. The molecule has 1 atom stereocenters. The molecule has 1 saturated heterocycles. The number of hydrogen-bond donors (Lipinski definition) is 1. The van der Waals surface area contributed by atoms with Crippen molar-refractivity contribution < 1.29 is 4.79 Å². The molecule has 2 rings (SSSR count). The first kappa shape index (κ1) is 15.8. The summed E-state index contributed by atoms with van der Waals surface area (Å²) in [5.74, 6) is -0.0664. The molecule has 1 amide bonds. The number of hydrogen-bond acceptors (Lipinski definition) is 2. The van der Waals surface area contributed by atoms with Crippen LogP contribution >= 0.6 is 27.5 Å². The van der Waals surface area contributed by atoms with Crippen molar-refractivity contribution in [1.82, 2.24) is 10.2 Å². The van der Waals surface area contributed by atoms with E-state index in [9.17, 15) is 4.79 Å². The highest BCUT2D eigenvalue weighted by Crippen LogP contribution is 2.23. The van der Waals surface area contributed by atoms with Gasteiger partial charge in [0.05, 0.1) is 5.02 Å². The number of halogens is 2. The summed E-state index contributed by atoms with van der Waals surface area (Å²) in [7, 11) is 0. The highest BCUT2D eigenvalue weighted by atomic mass is 79.9. The molecule has 0 saturated carbocycles. The Hall–Kier alpha value is -0.580. The summed E-state index contributed by atoms with van der Waals surface area (Å²) < 4.78 is 0.803. The molecule has 1 aromatic carbocycles. The Morgan fingerprint density at radius 3 is 2.75 bits per heavy atom. The molecule has 1 aromatic rings. The molecule has 0 aromatic heterocycles. The molecule has 1 fully saturated rings. The van der Waals surface area contributed by atoms with Gasteiger partial charge in [0.1, 0.15) is 0 Å². The summed E-state index contributed by atoms with van der Waals surface area (Å²) in [6.07, 6.45) is 3.86. The van der Waals surface area contributed by atoms with Crippen molar-refractivity contribution >= 4 is 33.4 Å². The van der Waals surface area contributed by atoms with E-state index in [1.54, 1.807) is 18.2 Å². The number of nitrogens with one attached hydrogen (secondary N) is 1. The van der Waals surface area contributed by atoms with Gasteiger partial charge in [-0.05, 0) is 67.0 Å². The predicted molar refractivity (Wildman–Crippen MR) is 86.4 cm³/mol. The predicted octanol–water partition coefficient (Wildman–Crippen LogP) is 3.71. The van der Waals surface area contributed by atoms with Crippen LogP contribution < -0.4 is 5.32 Å². The third-order valence-electron chi connectivity index (χ3n) is 3.75. The van der Waals surface area contributed by atoms with Crippen molar-refractivity contribution in [2.24, 2.45) is 0 Å². The van der Waals surface area contributed by atoms with Gasteiger partial charge in [0.15, 0.2) is 0 Å². The van der Waals surface area contributed by atoms with E-state index in [0.717, 1.165) is 17.6 Å². The monoisotopic (exact) mass is 358 g/mol. The molecule has 1 aliphatic heterocycles. The SMILES string of the molecule is CC(CNC(=O)c1ccc(Br)c(Cl)c1)N1CCCCC1. The summed E-state index contributed by atoms with van der Waals surface area (Å²) in [4.78, 5) is 14.5. The molecule has 0 radical (unpaired) electrons. The standard InChI is InChI=1S/C15H20BrClN2O/c1-11(19-7-3-2-4-8-19)10-18-15(20)12-5-6-13(16)14(17)9-12/h5-6,9,11H,2-4,7-8,10H2,1H3,(H,18,20). The zero-order valence-corrected chi connectivity index (χ0v) is 14.0. The normalized spacial score (nSPS) is 17.8. The highest BCUT2D eigenvalue weighted by Gasteiger charge is 2.17. The Morgan fingerprint density at radius 1 is 1.40 bits per heavy atom. The maximum atomic E-state index is 12.1. The average Bonchev–Trinajstić information content (AvgIpc) is 2.48. The number of rotatable bonds is 4. The summed E-state index contributed by atoms with van der Waals surface area (Å²) in [5, 5.41) is 3.55. The fourth-order valence-electron chi connectivity index (χ4n) is 2.47. The van der Waals surface area contributed by atoms with Gasteiger partial charge in [-0.1, -0.05) is 18.0 Å². The lowest BCUT2D eigenvalue weighted by molar-refractivity contribution is 0.0930. The Balaban J connectivity index is 1.86. The van der Waals surface area contributed by atoms with Gasteiger partial charge in [-0.15, -0.1) is 0 Å². The van der Waals surface area contributed by atoms with E-state index in [4.69, 9.17) is 11.6 Å². The van der Waals surface area contributed by atoms with Gasteiger partial charge in [-0.3, -0.25) is 9.69 Å². The number of amides is 1. The fraction of sp³-hybridized carbons (Fsp3) is 0.533. The highest BCUT2D eigenvalue weighted by molar-refractivity contribution is 9.10. The first-order valence-electron chi connectivity index (χ1n) is 7.05. The minimum atomic E-state index is -0.0664. The fourth-order valence-corrected chi connectivity index (χ4v) is 2.90. The van der Waals surface area contributed by atoms with Gasteiger partial charge in [0.2, 0.25) is 0 Å². The van der Waals surface area contributed by atoms with Crippen molar-refractivity contribution in [2.75, 3.05) is 19.6 Å². The first-order valence-corrected chi connectivity index (χ1v) is 8.22. The van der Waals surface area contributed by atoms with Crippen LogP contribution in [0, 0.1) is 0 Å². The lowest BCUT2D eigenvalue weighted by atomic mass is 10.1. The number of likely N-dealkylation sites (tertiary alicyclic amines) is 1. The maximum Gasteiger partial charge on any atom is 0.251 e. The Morgan fingerprint density at radius 2 is 2.10 bits per heavy atom. The summed E-state index contributed by atoms with van der Waals surface area (Å²) >= 11 is 9.33. The smallest absolute Gasteiger partial charge is 0.251 e. The number of piperidine rings is 1. The lowest BCUT2D eigenvalue weighted by Gasteiger charge is -2.32. The lowest BCUT2D eigenvalue weighted by Crippen LogP contribution is -2.44. The van der Waals surface area contributed by atoms with Crippen molar-refractivity contribution in [2.45, 2.75) is 32.2 Å². The second-order valence-corrected chi connectivity index (χ2v) is 6.55. The molecule has 1 heterocycles. The second-order valence-electron chi connectivity index (χ2n) is 5.28. The van der Waals surface area contributed by atoms with Crippen LogP contribution in [-0.2, 0) is 0 Å². The molecule has 1 N–H and O–H groups in total. The van der Waals surface area contributed by atoms with Crippen LogP contribution in [0.3, 0.4) is 0 Å². The van der Waals surface area contributed by atoms with Crippen LogP contribution in [0.2, 0.25) is 5.02 Å². The van der Waals surface area contributed by atoms with Crippen LogP contribution in [0.4, 0.5) is 0 Å². The quantitative estimate of drug-likeness (QED) is 0.889. The largest absolute Gasteiger partial charge is 0.350 e. The van der Waals surface area contributed by atoms with Gasteiger partial charge in [0.25, 0.3) is 5.91 Å². The van der Waals surface area contributed by atoms with Gasteiger partial charge < -0.3 is 5.32 Å². The zero-order valence-electron chi connectivity index (χ0n) is 11.7. The van der Waals surface area contributed by atoms with Crippen molar-refractivity contribution in [3.8, 4) is 0 Å². The average molecular weight is 360 g/mol. The maximum absolute atomic E-state index is 12.1. The van der Waals surface area contributed by atoms with Crippen molar-refractivity contribution in [3.05, 3.63) is 33.3 Å². The minimum Gasteiger partial charge on any atom is -0.350 e. The topological polar surface area (TPSA) is 32.3 Å². The van der Waals surface area contributed by atoms with Crippen LogP contribution in [-0.4, -0.2) is 36.5 Å². The van der Waals surface area contributed by atoms with Crippen molar-refractivity contribution in [1.29, 1.82) is 0 Å². The van der Waals surface area contributed by atoms with Gasteiger partial charge in [0, 0.05) is 22.6 Å². The minimum absolute atomic E-state index is 0.0664. The molecule has 3 nitrogen and oxygen atoms in total. The van der Waals surface area contributed by atoms with E-state index in [0.29, 0.717) is 23.2 Å². The summed E-state index contributed by atoms with van der Waals surface area (Å²) in [5.41, 5.74) is 0.601. The van der Waals surface area contributed by atoms with Gasteiger partial charge >= 0.3 is 0 Å². The molecular weight excluding hydrogens is 340 g/mol. The van der Waals surface area contributed by atoms with Crippen molar-refractivity contribution in [3.63, 3.8) is 0 Å². The van der Waals surface area contributed by atoms with Gasteiger partial charge in [-0.25, -0.2) is 0 Å². The molecule has 0 aliphatic carbocycles. The second kappa shape index (κ2) is 7.43. The molecular formula is C15H20BrClN2O. The van der Waals surface area contributed by atoms with E-state index in [2.05, 4.69) is 33.1 Å². The molecule has 5 heteroatoms. The van der Waals surface area contributed by atoms with E-state index in [1.807, 2.05) is 0 Å². The van der Waals surface area contributed by atoms with E-state index >= 15 is 0 Å². The van der Waals surface area contributed by atoms with E-state index in [1.165, 1.54) is 19.3 Å². The molecule has 0 spiro atoms. The number of carbonyl (C=O) groups excluding carboxylic acids is 1. The molecule has 1 aliphatic rings. The Bertz CT molecular complexity index is 475. The van der Waals surface area contributed by atoms with E-state index < -0.39 is 0 Å². The number of benzene rings is 1. The third kappa shape index (κ3) is 4.21. The van der Waals surface area contributed by atoms with Gasteiger partial charge in [-0.2, -0.15) is 0 Å². The molecule has 1 unspecified atom stereocenters. The first-order chi connectivity index (χ1) is 9.58. The van der Waals surface area contributed by atoms with E-state index in [-0.39, 0.29) is 5.91 Å². The zero-order chi connectivity index (χ0) is 14.5. The summed E-state index contributed by atoms with van der Waals surface area (Å²) in [6, 6.07) is 5.64.